The number of anilines is 4. The smallest absolute Gasteiger partial charge is 0.271 e. The number of nitrogens with zero attached hydrogens (tertiary/aromatic N) is 6. The zero-order valence-electron chi connectivity index (χ0n) is 36.2. The topological polar surface area (TPSA) is 214 Å². The minimum atomic E-state index is -0.661. The number of hydrogen-bond donors (Lipinski definition) is 4. The largest absolute Gasteiger partial charge is 0.495 e. The molecule has 1 aromatic heterocycles. The van der Waals surface area contributed by atoms with E-state index in [0.29, 0.717) is 105 Å². The molecule has 0 spiro atoms. The van der Waals surface area contributed by atoms with E-state index in [9.17, 15) is 24.0 Å². The van der Waals surface area contributed by atoms with Crippen molar-refractivity contribution in [1.29, 1.82) is 0 Å². The van der Waals surface area contributed by atoms with Crippen LogP contribution in [0.3, 0.4) is 0 Å². The quantitative estimate of drug-likeness (QED) is 0.128. The maximum atomic E-state index is 13.2. The number of carbonyl (C=O) groups excluding carboxylic acids is 5. The number of piperidine rings is 2. The van der Waals surface area contributed by atoms with Crippen LogP contribution in [-0.2, 0) is 32.1 Å². The van der Waals surface area contributed by atoms with E-state index in [-0.39, 0.29) is 41.7 Å². The number of primary amides is 1. The van der Waals surface area contributed by atoms with Crippen LogP contribution in [0, 0.1) is 0 Å². The Bertz CT molecular complexity index is 2200. The standard InChI is InChI=1S/C45H58N10O8/c1-3-34-42(47-29-14-23-62-24-15-29)51-43(40(49-34)41(46)58)48-30-7-9-35(37(25-30)61-2)53-16-12-31(13-17-53)52-18-20-54(21-19-52)39(57)5-4-22-63-32-8-6-28-27-55(45(60)33(28)26-32)36-10-11-38(56)50-44(36)59/h6-9,25-26,29,31,36H,3-5,10-24,27H2,1-2H3,(H2,46,58)(H2,47,48,51)(H,50,56,59). The summed E-state index contributed by atoms with van der Waals surface area (Å²) in [5.74, 6) is 0.635. The first kappa shape index (κ1) is 43.6. The minimum absolute atomic E-state index is 0.0843. The summed E-state index contributed by atoms with van der Waals surface area (Å²) in [7, 11) is 1.66. The molecule has 5 aliphatic rings. The maximum Gasteiger partial charge on any atom is 0.271 e. The van der Waals surface area contributed by atoms with Crippen molar-refractivity contribution in [3.63, 3.8) is 0 Å². The molecular weight excluding hydrogens is 809 g/mol. The molecule has 336 valence electrons. The molecule has 8 rings (SSSR count). The third-order valence-electron chi connectivity index (χ3n) is 12.8. The second kappa shape index (κ2) is 19.6. The molecule has 1 unspecified atom stereocenters. The second-order valence-corrected chi connectivity index (χ2v) is 16.8. The molecule has 5 amide bonds. The number of carbonyl (C=O) groups is 5. The van der Waals surface area contributed by atoms with Crippen LogP contribution in [0.25, 0.3) is 0 Å². The fourth-order valence-corrected chi connectivity index (χ4v) is 9.28. The van der Waals surface area contributed by atoms with Crippen molar-refractivity contribution < 1.29 is 38.2 Å². The normalized spacial score (nSPS) is 20.1. The van der Waals surface area contributed by atoms with Gasteiger partial charge in [0, 0.05) is 101 Å². The van der Waals surface area contributed by atoms with Crippen molar-refractivity contribution in [1.82, 2.24) is 30.0 Å². The van der Waals surface area contributed by atoms with Gasteiger partial charge in [0.25, 0.3) is 11.8 Å². The number of rotatable bonds is 15. The first-order valence-electron chi connectivity index (χ1n) is 22.3. The number of piperazine rings is 1. The van der Waals surface area contributed by atoms with Crippen LogP contribution < -0.4 is 36.1 Å². The van der Waals surface area contributed by atoms with Crippen LogP contribution in [0.2, 0.25) is 0 Å². The van der Waals surface area contributed by atoms with Crippen LogP contribution in [-0.4, -0.2) is 139 Å². The van der Waals surface area contributed by atoms with E-state index in [1.54, 1.807) is 13.2 Å². The minimum Gasteiger partial charge on any atom is -0.495 e. The van der Waals surface area contributed by atoms with Gasteiger partial charge in [0.1, 0.15) is 17.5 Å². The SMILES string of the molecule is CCc1nc(C(N)=O)c(Nc2ccc(N3CCC(N4CCN(C(=O)CCCOc5ccc6c(c5)C(=O)N(C5CCC(=O)NC5=O)C6)CC4)CC3)c(OC)c2)nc1NC1CCOCC1. The first-order valence-corrected chi connectivity index (χ1v) is 22.3. The number of hydrogen-bond acceptors (Lipinski definition) is 14. The highest BCUT2D eigenvalue weighted by molar-refractivity contribution is 6.05. The lowest BCUT2D eigenvalue weighted by Crippen LogP contribution is -2.54. The molecule has 0 bridgehead atoms. The lowest BCUT2D eigenvalue weighted by molar-refractivity contribution is -0.137. The average Bonchev–Trinajstić information content (AvgIpc) is 3.62. The van der Waals surface area contributed by atoms with Gasteiger partial charge in [-0.3, -0.25) is 34.2 Å². The average molecular weight is 867 g/mol. The number of imide groups is 1. The third-order valence-corrected chi connectivity index (χ3v) is 12.8. The van der Waals surface area contributed by atoms with Crippen molar-refractivity contribution in [2.75, 3.05) is 81.7 Å². The fourth-order valence-electron chi connectivity index (χ4n) is 9.28. The van der Waals surface area contributed by atoms with Gasteiger partial charge in [-0.1, -0.05) is 13.0 Å². The molecule has 5 N–H and O–H groups in total. The van der Waals surface area contributed by atoms with Gasteiger partial charge in [0.2, 0.25) is 17.7 Å². The van der Waals surface area contributed by atoms with E-state index < -0.39 is 17.9 Å². The monoisotopic (exact) mass is 866 g/mol. The summed E-state index contributed by atoms with van der Waals surface area (Å²) >= 11 is 0. The summed E-state index contributed by atoms with van der Waals surface area (Å²) in [6, 6.07) is 11.2. The Morgan fingerprint density at radius 3 is 2.43 bits per heavy atom. The molecule has 0 radical (unpaired) electrons. The molecule has 18 nitrogen and oxygen atoms in total. The molecule has 5 aliphatic heterocycles. The Hall–Kier alpha value is -6.01. The number of fused-ring (bicyclic) bond motifs is 1. The first-order chi connectivity index (χ1) is 30.6. The number of amides is 5. The summed E-state index contributed by atoms with van der Waals surface area (Å²) in [5.41, 5.74) is 9.54. The number of methoxy groups -OCH3 is 1. The van der Waals surface area contributed by atoms with Crippen LogP contribution in [0.15, 0.2) is 36.4 Å². The molecule has 4 saturated heterocycles. The van der Waals surface area contributed by atoms with Crippen molar-refractivity contribution in [3.8, 4) is 11.5 Å². The summed E-state index contributed by atoms with van der Waals surface area (Å²) in [5, 5.41) is 9.12. The summed E-state index contributed by atoms with van der Waals surface area (Å²) in [4.78, 5) is 80.5. The molecule has 0 saturated carbocycles. The number of ether oxygens (including phenoxy) is 3. The highest BCUT2D eigenvalue weighted by Gasteiger charge is 2.39. The van der Waals surface area contributed by atoms with Crippen LogP contribution in [0.1, 0.15) is 90.4 Å². The van der Waals surface area contributed by atoms with Gasteiger partial charge in [0.15, 0.2) is 17.3 Å². The van der Waals surface area contributed by atoms with Crippen molar-refractivity contribution >= 4 is 52.5 Å². The van der Waals surface area contributed by atoms with Crippen molar-refractivity contribution in [2.45, 2.75) is 89.4 Å². The number of benzene rings is 2. The number of nitrogens with two attached hydrogens (primary N) is 1. The van der Waals surface area contributed by atoms with Crippen LogP contribution >= 0.6 is 0 Å². The molecule has 2 aromatic carbocycles. The third kappa shape index (κ3) is 9.96. The van der Waals surface area contributed by atoms with E-state index >= 15 is 0 Å². The van der Waals surface area contributed by atoms with Gasteiger partial charge in [-0.05, 0) is 74.8 Å². The zero-order valence-corrected chi connectivity index (χ0v) is 36.2. The van der Waals surface area contributed by atoms with E-state index in [4.69, 9.17) is 24.9 Å². The Labute approximate surface area is 367 Å². The number of aryl methyl sites for hydroxylation is 1. The summed E-state index contributed by atoms with van der Waals surface area (Å²) in [6.45, 7) is 8.76. The van der Waals surface area contributed by atoms with Gasteiger partial charge >= 0.3 is 0 Å². The Balaban J connectivity index is 0.779. The van der Waals surface area contributed by atoms with Crippen molar-refractivity contribution in [2.24, 2.45) is 5.73 Å². The predicted molar refractivity (Wildman–Crippen MR) is 234 cm³/mol. The Kier molecular flexibility index (Phi) is 13.6. The van der Waals surface area contributed by atoms with E-state index in [2.05, 4.69) is 30.7 Å². The fraction of sp³-hybridized carbons (Fsp3) is 0.533. The van der Waals surface area contributed by atoms with E-state index in [0.717, 1.165) is 63.1 Å². The van der Waals surface area contributed by atoms with Gasteiger partial charge < -0.3 is 45.3 Å². The van der Waals surface area contributed by atoms with E-state index in [1.807, 2.05) is 42.2 Å². The summed E-state index contributed by atoms with van der Waals surface area (Å²) in [6.07, 6.45) is 5.75. The van der Waals surface area contributed by atoms with Crippen LogP contribution in [0.5, 0.6) is 11.5 Å². The van der Waals surface area contributed by atoms with Gasteiger partial charge in [-0.2, -0.15) is 0 Å². The molecule has 3 aromatic rings. The van der Waals surface area contributed by atoms with Gasteiger partial charge in [-0.15, -0.1) is 0 Å². The maximum absolute atomic E-state index is 13.2. The highest BCUT2D eigenvalue weighted by Crippen LogP contribution is 2.36. The van der Waals surface area contributed by atoms with E-state index in [1.165, 1.54) is 4.90 Å². The van der Waals surface area contributed by atoms with Crippen LogP contribution in [0.4, 0.5) is 23.0 Å². The lowest BCUT2D eigenvalue weighted by Gasteiger charge is -2.43. The Morgan fingerprint density at radius 2 is 1.71 bits per heavy atom. The second-order valence-electron chi connectivity index (χ2n) is 16.8. The molecule has 18 heteroatoms. The van der Waals surface area contributed by atoms with Gasteiger partial charge in [-0.25, -0.2) is 9.97 Å². The zero-order chi connectivity index (χ0) is 44.0. The number of aromatic nitrogens is 2. The highest BCUT2D eigenvalue weighted by atomic mass is 16.5. The molecule has 0 aliphatic carbocycles. The molecule has 1 atom stereocenters. The molecular formula is C45H58N10O8. The number of nitrogens with one attached hydrogen (secondary N) is 3. The summed E-state index contributed by atoms with van der Waals surface area (Å²) < 4.78 is 17.3. The van der Waals surface area contributed by atoms with Crippen molar-refractivity contribution in [3.05, 3.63) is 58.9 Å². The predicted octanol–water partition coefficient (Wildman–Crippen LogP) is 3.21. The van der Waals surface area contributed by atoms with Gasteiger partial charge in [0.05, 0.1) is 25.1 Å². The molecule has 4 fully saturated rings. The Morgan fingerprint density at radius 1 is 0.937 bits per heavy atom. The lowest BCUT2D eigenvalue weighted by atomic mass is 10.0. The molecule has 63 heavy (non-hydrogen) atoms. The molecule has 6 heterocycles.